The summed E-state index contributed by atoms with van der Waals surface area (Å²) in [5.41, 5.74) is 3.42. The van der Waals surface area contributed by atoms with Crippen LogP contribution in [0.3, 0.4) is 0 Å². The lowest BCUT2D eigenvalue weighted by atomic mass is 10.1. The summed E-state index contributed by atoms with van der Waals surface area (Å²) >= 11 is 1.43. The lowest BCUT2D eigenvalue weighted by Crippen LogP contribution is -2.25. The van der Waals surface area contributed by atoms with Gasteiger partial charge in [0.25, 0.3) is 5.56 Å². The number of thioether (sulfide) groups is 1. The van der Waals surface area contributed by atoms with Gasteiger partial charge in [0.1, 0.15) is 0 Å². The first-order valence-electron chi connectivity index (χ1n) is 10.2. The maximum absolute atomic E-state index is 13.5. The first-order valence-corrected chi connectivity index (χ1v) is 12.8. The number of hydrogen-bond acceptors (Lipinski definition) is 6. The highest BCUT2D eigenvalue weighted by molar-refractivity contribution is 7.99. The Kier molecular flexibility index (Phi) is 6.11. The fourth-order valence-electron chi connectivity index (χ4n) is 3.55. The SMILES string of the molecule is Cc1cccc(-n2c(=O)c3ccccc3n3c(SCCCS(=O)(=O)N(C)C)nnc23)c1C. The second kappa shape index (κ2) is 8.68. The summed E-state index contributed by atoms with van der Waals surface area (Å²) in [5.74, 6) is 1.06. The van der Waals surface area contributed by atoms with Crippen molar-refractivity contribution in [2.24, 2.45) is 0 Å². The minimum Gasteiger partial charge on any atom is -0.268 e. The maximum Gasteiger partial charge on any atom is 0.267 e. The van der Waals surface area contributed by atoms with Gasteiger partial charge in [0.15, 0.2) is 5.16 Å². The molecule has 2 aromatic carbocycles. The Bertz CT molecular complexity index is 1470. The summed E-state index contributed by atoms with van der Waals surface area (Å²) in [7, 11) is -0.172. The van der Waals surface area contributed by atoms with Gasteiger partial charge in [-0.05, 0) is 49.6 Å². The van der Waals surface area contributed by atoms with Gasteiger partial charge in [-0.2, -0.15) is 0 Å². The average molecular weight is 472 g/mol. The number of rotatable bonds is 7. The van der Waals surface area contributed by atoms with Crippen molar-refractivity contribution in [1.82, 2.24) is 23.5 Å². The van der Waals surface area contributed by atoms with Gasteiger partial charge < -0.3 is 0 Å². The molecule has 0 aliphatic heterocycles. The molecule has 2 heterocycles. The predicted molar refractivity (Wildman–Crippen MR) is 128 cm³/mol. The van der Waals surface area contributed by atoms with Gasteiger partial charge in [0, 0.05) is 19.8 Å². The number of aromatic nitrogens is 4. The molecule has 8 nitrogen and oxygen atoms in total. The third kappa shape index (κ3) is 3.94. The van der Waals surface area contributed by atoms with Crippen molar-refractivity contribution in [3.8, 4) is 5.69 Å². The fourth-order valence-corrected chi connectivity index (χ4v) is 5.49. The second-order valence-electron chi connectivity index (χ2n) is 7.80. The van der Waals surface area contributed by atoms with Crippen molar-refractivity contribution in [3.05, 3.63) is 63.9 Å². The van der Waals surface area contributed by atoms with Crippen LogP contribution < -0.4 is 5.56 Å². The van der Waals surface area contributed by atoms with E-state index >= 15 is 0 Å². The molecule has 32 heavy (non-hydrogen) atoms. The monoisotopic (exact) mass is 471 g/mol. The van der Waals surface area contributed by atoms with Gasteiger partial charge in [-0.3, -0.25) is 9.20 Å². The minimum absolute atomic E-state index is 0.0671. The molecule has 0 fully saturated rings. The van der Waals surface area contributed by atoms with E-state index in [0.29, 0.717) is 28.5 Å². The lowest BCUT2D eigenvalue weighted by Gasteiger charge is -2.14. The largest absolute Gasteiger partial charge is 0.268 e. The normalized spacial score (nSPS) is 12.3. The third-order valence-corrected chi connectivity index (χ3v) is 8.48. The molecule has 0 radical (unpaired) electrons. The summed E-state index contributed by atoms with van der Waals surface area (Å²) in [6.07, 6.45) is 0.481. The van der Waals surface area contributed by atoms with Crippen molar-refractivity contribution in [2.75, 3.05) is 25.6 Å². The average Bonchev–Trinajstić information content (AvgIpc) is 3.18. The summed E-state index contributed by atoms with van der Waals surface area (Å²) in [5, 5.41) is 9.90. The molecule has 4 aromatic rings. The highest BCUT2D eigenvalue weighted by Crippen LogP contribution is 2.25. The van der Waals surface area contributed by atoms with E-state index in [9.17, 15) is 13.2 Å². The Morgan fingerprint density at radius 3 is 2.53 bits per heavy atom. The van der Waals surface area contributed by atoms with Crippen molar-refractivity contribution in [3.63, 3.8) is 0 Å². The summed E-state index contributed by atoms with van der Waals surface area (Å²) < 4.78 is 28.8. The maximum atomic E-state index is 13.5. The zero-order valence-electron chi connectivity index (χ0n) is 18.4. The van der Waals surface area contributed by atoms with Crippen LogP contribution in [-0.2, 0) is 10.0 Å². The molecule has 0 unspecified atom stereocenters. The predicted octanol–water partition coefficient (Wildman–Crippen LogP) is 3.02. The number of aryl methyl sites for hydroxylation is 1. The Labute approximate surface area is 190 Å². The minimum atomic E-state index is -3.24. The van der Waals surface area contributed by atoms with Crippen LogP contribution in [0.2, 0.25) is 0 Å². The van der Waals surface area contributed by atoms with Gasteiger partial charge in [0.05, 0.1) is 22.3 Å². The molecule has 4 rings (SSSR count). The molecule has 0 spiro atoms. The van der Waals surface area contributed by atoms with Crippen LogP contribution in [0.5, 0.6) is 0 Å². The molecule has 0 atom stereocenters. The Morgan fingerprint density at radius 1 is 1.03 bits per heavy atom. The van der Waals surface area contributed by atoms with Crippen molar-refractivity contribution >= 4 is 38.5 Å². The van der Waals surface area contributed by atoms with Gasteiger partial charge in [0.2, 0.25) is 15.8 Å². The molecule has 10 heteroatoms. The van der Waals surface area contributed by atoms with Crippen molar-refractivity contribution < 1.29 is 8.42 Å². The van der Waals surface area contributed by atoms with Crippen LogP contribution in [-0.4, -0.2) is 57.5 Å². The Hall–Kier alpha value is -2.69. The second-order valence-corrected chi connectivity index (χ2v) is 11.2. The molecular weight excluding hydrogens is 446 g/mol. The van der Waals surface area contributed by atoms with Crippen LogP contribution in [0, 0.1) is 13.8 Å². The number of sulfonamides is 1. The molecule has 2 aromatic heterocycles. The molecule has 0 saturated heterocycles. The van der Waals surface area contributed by atoms with Gasteiger partial charge in [-0.25, -0.2) is 17.3 Å². The zero-order chi connectivity index (χ0) is 23.0. The molecule has 0 amide bonds. The summed E-state index contributed by atoms with van der Waals surface area (Å²) in [6.45, 7) is 4.00. The number of hydrogen-bond donors (Lipinski definition) is 0. The Balaban J connectivity index is 1.82. The number of benzene rings is 2. The van der Waals surface area contributed by atoms with E-state index in [1.165, 1.54) is 30.2 Å². The molecule has 0 bridgehead atoms. The van der Waals surface area contributed by atoms with Gasteiger partial charge in [-0.15, -0.1) is 10.2 Å². The van der Waals surface area contributed by atoms with Crippen LogP contribution >= 0.6 is 11.8 Å². The molecule has 0 N–H and O–H groups in total. The number of fused-ring (bicyclic) bond motifs is 3. The van der Waals surface area contributed by atoms with E-state index in [1.54, 1.807) is 10.6 Å². The van der Waals surface area contributed by atoms with E-state index in [0.717, 1.165) is 22.3 Å². The summed E-state index contributed by atoms with van der Waals surface area (Å²) in [6, 6.07) is 13.2. The number of nitrogens with zero attached hydrogens (tertiary/aromatic N) is 5. The zero-order valence-corrected chi connectivity index (χ0v) is 20.1. The quantitative estimate of drug-likeness (QED) is 0.304. The highest BCUT2D eigenvalue weighted by atomic mass is 32.2. The smallest absolute Gasteiger partial charge is 0.267 e. The van der Waals surface area contributed by atoms with E-state index in [4.69, 9.17) is 0 Å². The van der Waals surface area contributed by atoms with Crippen LogP contribution in [0.1, 0.15) is 17.5 Å². The Morgan fingerprint density at radius 2 is 1.78 bits per heavy atom. The fraction of sp³-hybridized carbons (Fsp3) is 0.318. The molecule has 0 saturated carbocycles. The first-order chi connectivity index (χ1) is 15.2. The van der Waals surface area contributed by atoms with E-state index in [1.807, 2.05) is 54.6 Å². The van der Waals surface area contributed by atoms with Gasteiger partial charge >= 0.3 is 0 Å². The summed E-state index contributed by atoms with van der Waals surface area (Å²) in [4.78, 5) is 13.5. The van der Waals surface area contributed by atoms with Gasteiger partial charge in [-0.1, -0.05) is 36.0 Å². The number of para-hydroxylation sites is 1. The molecular formula is C22H25N5O3S2. The van der Waals surface area contributed by atoms with E-state index in [2.05, 4.69) is 10.2 Å². The van der Waals surface area contributed by atoms with Crippen LogP contribution in [0.4, 0.5) is 0 Å². The lowest BCUT2D eigenvalue weighted by molar-refractivity contribution is 0.520. The molecule has 168 valence electrons. The van der Waals surface area contributed by atoms with E-state index < -0.39 is 10.0 Å². The van der Waals surface area contributed by atoms with Crippen LogP contribution in [0.15, 0.2) is 52.4 Å². The topological polar surface area (TPSA) is 89.6 Å². The van der Waals surface area contributed by atoms with Crippen LogP contribution in [0.25, 0.3) is 22.4 Å². The third-order valence-electron chi connectivity index (χ3n) is 5.55. The molecule has 0 aliphatic carbocycles. The molecule has 0 aliphatic rings. The highest BCUT2D eigenvalue weighted by Gasteiger charge is 2.19. The van der Waals surface area contributed by atoms with E-state index in [-0.39, 0.29) is 11.3 Å². The van der Waals surface area contributed by atoms with Crippen molar-refractivity contribution in [1.29, 1.82) is 0 Å². The standard InChI is InChI=1S/C22H25N5O3S2/c1-15-9-7-12-18(16(15)2)26-20(28)17-10-5-6-11-19(17)27-21(26)23-24-22(27)31-13-8-14-32(29,30)25(3)4/h5-7,9-12H,8,13-14H2,1-4H3. The first kappa shape index (κ1) is 22.5. The van der Waals surface area contributed by atoms with Crippen molar-refractivity contribution in [2.45, 2.75) is 25.4 Å².